The van der Waals surface area contributed by atoms with Crippen molar-refractivity contribution in [2.75, 3.05) is 19.6 Å². The molecule has 2 N–H and O–H groups in total. The van der Waals surface area contributed by atoms with Gasteiger partial charge in [-0.2, -0.15) is 5.10 Å². The fourth-order valence-corrected chi connectivity index (χ4v) is 5.70. The number of rotatable bonds is 7. The molecule has 6 rings (SSSR count). The molecular formula is C29H26F2N6S. The van der Waals surface area contributed by atoms with Gasteiger partial charge in [0.25, 0.3) is 5.92 Å². The van der Waals surface area contributed by atoms with Gasteiger partial charge in [0.05, 0.1) is 28.5 Å². The minimum absolute atomic E-state index is 0.101. The Morgan fingerprint density at radius 2 is 2.13 bits per heavy atom. The van der Waals surface area contributed by atoms with Gasteiger partial charge < -0.3 is 4.98 Å². The number of fused-ring (bicyclic) bond motifs is 2. The minimum atomic E-state index is -2.62. The van der Waals surface area contributed by atoms with Crippen LogP contribution in [0.4, 0.5) is 8.78 Å². The van der Waals surface area contributed by atoms with Gasteiger partial charge in [0.15, 0.2) is 5.65 Å². The second-order valence-corrected chi connectivity index (χ2v) is 10.4. The molecular weight excluding hydrogens is 502 g/mol. The van der Waals surface area contributed by atoms with Gasteiger partial charge in [-0.25, -0.2) is 13.8 Å². The highest BCUT2D eigenvalue weighted by atomic mass is 32.1. The third-order valence-electron chi connectivity index (χ3n) is 6.88. The number of nitrogens with one attached hydrogen (secondary N) is 2. The number of hydrogen-bond donors (Lipinski definition) is 2. The van der Waals surface area contributed by atoms with Crippen molar-refractivity contribution in [3.63, 3.8) is 0 Å². The number of allylic oxidation sites excluding steroid dienone is 3. The highest BCUT2D eigenvalue weighted by Gasteiger charge is 2.37. The molecule has 1 aliphatic rings. The first-order valence-corrected chi connectivity index (χ1v) is 13.3. The summed E-state index contributed by atoms with van der Waals surface area (Å²) in [6.45, 7) is 6.45. The van der Waals surface area contributed by atoms with Crippen LogP contribution in [0.3, 0.4) is 0 Å². The van der Waals surface area contributed by atoms with Crippen LogP contribution in [0, 0.1) is 0 Å². The van der Waals surface area contributed by atoms with Gasteiger partial charge in [0.2, 0.25) is 0 Å². The van der Waals surface area contributed by atoms with Gasteiger partial charge in [0.1, 0.15) is 0 Å². The largest absolute Gasteiger partial charge is 0.353 e. The Balaban J connectivity index is 1.35. The van der Waals surface area contributed by atoms with Crippen molar-refractivity contribution in [3.05, 3.63) is 84.0 Å². The quantitative estimate of drug-likeness (QED) is 0.221. The highest BCUT2D eigenvalue weighted by Crippen LogP contribution is 2.35. The fraction of sp³-hybridized carbons (Fsp3) is 0.207. The van der Waals surface area contributed by atoms with Gasteiger partial charge in [-0.3, -0.25) is 15.0 Å². The van der Waals surface area contributed by atoms with E-state index in [1.165, 1.54) is 0 Å². The van der Waals surface area contributed by atoms with Crippen LogP contribution < -0.4 is 0 Å². The zero-order chi connectivity index (χ0) is 26.3. The van der Waals surface area contributed by atoms with Gasteiger partial charge >= 0.3 is 0 Å². The number of halogens is 2. The first-order valence-electron chi connectivity index (χ1n) is 12.4. The minimum Gasteiger partial charge on any atom is -0.353 e. The first kappa shape index (κ1) is 24.4. The molecule has 0 aromatic carbocycles. The zero-order valence-electron chi connectivity index (χ0n) is 20.8. The summed E-state index contributed by atoms with van der Waals surface area (Å²) < 4.78 is 27.4. The maximum Gasteiger partial charge on any atom is 0.261 e. The molecule has 6 nitrogen and oxygen atoms in total. The van der Waals surface area contributed by atoms with Crippen LogP contribution in [0.25, 0.3) is 49.5 Å². The van der Waals surface area contributed by atoms with E-state index in [2.05, 4.69) is 49.9 Å². The number of nitrogens with zero attached hydrogens (tertiary/aromatic N) is 4. The summed E-state index contributed by atoms with van der Waals surface area (Å²) in [6, 6.07) is 10.2. The molecule has 1 aliphatic heterocycles. The van der Waals surface area contributed by atoms with Crippen molar-refractivity contribution < 1.29 is 8.78 Å². The van der Waals surface area contributed by atoms with Crippen molar-refractivity contribution in [1.29, 1.82) is 0 Å². The monoisotopic (exact) mass is 528 g/mol. The summed E-state index contributed by atoms with van der Waals surface area (Å²) in [5, 5.41) is 11.5. The molecule has 5 aromatic heterocycles. The average molecular weight is 529 g/mol. The van der Waals surface area contributed by atoms with Gasteiger partial charge in [0, 0.05) is 53.8 Å². The molecule has 9 heteroatoms. The second-order valence-electron chi connectivity index (χ2n) is 9.46. The van der Waals surface area contributed by atoms with E-state index in [0.717, 1.165) is 55.0 Å². The summed E-state index contributed by atoms with van der Waals surface area (Å²) in [7, 11) is 0. The Morgan fingerprint density at radius 3 is 2.87 bits per heavy atom. The van der Waals surface area contributed by atoms with E-state index in [0.29, 0.717) is 18.7 Å². The van der Waals surface area contributed by atoms with Crippen molar-refractivity contribution in [2.24, 2.45) is 0 Å². The highest BCUT2D eigenvalue weighted by molar-refractivity contribution is 7.13. The van der Waals surface area contributed by atoms with Gasteiger partial charge in [-0.05, 0) is 47.7 Å². The molecule has 0 aliphatic carbocycles. The molecule has 38 heavy (non-hydrogen) atoms. The molecule has 0 bridgehead atoms. The number of likely N-dealkylation sites (tertiary alicyclic amines) is 1. The van der Waals surface area contributed by atoms with E-state index < -0.39 is 5.92 Å². The average Bonchev–Trinajstić information content (AvgIpc) is 3.71. The van der Waals surface area contributed by atoms with Crippen molar-refractivity contribution >= 4 is 38.8 Å². The van der Waals surface area contributed by atoms with E-state index in [1.54, 1.807) is 28.5 Å². The molecule has 0 spiro atoms. The molecule has 192 valence electrons. The summed E-state index contributed by atoms with van der Waals surface area (Å²) in [5.41, 5.74) is 7.01. The Bertz CT molecular complexity index is 1690. The third kappa shape index (κ3) is 4.59. The van der Waals surface area contributed by atoms with Crippen LogP contribution in [0.2, 0.25) is 0 Å². The van der Waals surface area contributed by atoms with Crippen LogP contribution in [0.1, 0.15) is 18.9 Å². The number of H-pyrrole nitrogens is 2. The predicted octanol–water partition coefficient (Wildman–Crippen LogP) is 7.09. The first-order chi connectivity index (χ1) is 18.4. The van der Waals surface area contributed by atoms with Crippen LogP contribution in [-0.2, 0) is 0 Å². The molecule has 1 saturated heterocycles. The lowest BCUT2D eigenvalue weighted by Crippen LogP contribution is -2.26. The van der Waals surface area contributed by atoms with Gasteiger partial charge in [-0.15, -0.1) is 11.3 Å². The number of aromatic nitrogens is 5. The standard InChI is InChI=1S/C29H26F2N6S/c1-3-18(16-37-10-8-29(30,31)17-37)12-19(4-2)20-13-22-26(35-36-28(22)33-15-20)24-14-21-23(34-24)7-9-32-27(21)25-6-5-11-38-25/h3-7,9,11-15,34H,1,8,10,16-17H2,2H3,(H,33,35,36)/b18-12+,19-4+. The Morgan fingerprint density at radius 1 is 1.24 bits per heavy atom. The predicted molar refractivity (Wildman–Crippen MR) is 150 cm³/mol. The summed E-state index contributed by atoms with van der Waals surface area (Å²) in [6.07, 6.45) is 9.22. The lowest BCUT2D eigenvalue weighted by Gasteiger charge is -2.16. The van der Waals surface area contributed by atoms with Crippen molar-refractivity contribution in [1.82, 2.24) is 30.0 Å². The van der Waals surface area contributed by atoms with Crippen LogP contribution in [-0.4, -0.2) is 55.6 Å². The Hall–Kier alpha value is -3.95. The molecule has 1 fully saturated rings. The Kier molecular flexibility index (Phi) is 6.25. The van der Waals surface area contributed by atoms with E-state index in [1.807, 2.05) is 42.8 Å². The maximum absolute atomic E-state index is 13.7. The van der Waals surface area contributed by atoms with Crippen molar-refractivity contribution in [2.45, 2.75) is 19.3 Å². The smallest absolute Gasteiger partial charge is 0.261 e. The van der Waals surface area contributed by atoms with E-state index in [4.69, 9.17) is 0 Å². The summed E-state index contributed by atoms with van der Waals surface area (Å²) in [5.74, 6) is -2.62. The van der Waals surface area contributed by atoms with Crippen LogP contribution in [0.5, 0.6) is 0 Å². The number of thiophene rings is 1. The normalized spacial score (nSPS) is 16.6. The third-order valence-corrected chi connectivity index (χ3v) is 7.76. The molecule has 0 unspecified atom stereocenters. The molecule has 5 aromatic rings. The topological polar surface area (TPSA) is 73.5 Å². The summed E-state index contributed by atoms with van der Waals surface area (Å²) >= 11 is 1.66. The Labute approximate surface area is 222 Å². The fourth-order valence-electron chi connectivity index (χ4n) is 4.96. The number of aromatic amines is 2. The van der Waals surface area contributed by atoms with E-state index in [9.17, 15) is 8.78 Å². The lowest BCUT2D eigenvalue weighted by atomic mass is 10.0. The van der Waals surface area contributed by atoms with Gasteiger partial charge in [-0.1, -0.05) is 30.9 Å². The SMILES string of the molecule is C=C/C(=C\C(=C/C)c1cnc2n[nH]c(-c3cc4c(-c5cccs5)nccc4[nH]3)c2c1)CN1CCC(F)(F)C1. The summed E-state index contributed by atoms with van der Waals surface area (Å²) in [4.78, 5) is 15.6. The van der Waals surface area contributed by atoms with Crippen LogP contribution >= 0.6 is 11.3 Å². The molecule has 0 amide bonds. The molecule has 6 heterocycles. The molecule has 0 radical (unpaired) electrons. The second kappa shape index (κ2) is 9.74. The molecule has 0 saturated carbocycles. The van der Waals surface area contributed by atoms with Crippen LogP contribution in [0.15, 0.2) is 78.5 Å². The number of hydrogen-bond acceptors (Lipinski definition) is 5. The lowest BCUT2D eigenvalue weighted by molar-refractivity contribution is 0.0131. The zero-order valence-corrected chi connectivity index (χ0v) is 21.7. The van der Waals surface area contributed by atoms with Crippen molar-refractivity contribution in [3.8, 4) is 22.0 Å². The number of pyridine rings is 2. The number of alkyl halides is 2. The molecule has 0 atom stereocenters. The van der Waals surface area contributed by atoms with E-state index in [-0.39, 0.29) is 13.0 Å². The maximum atomic E-state index is 13.7. The van der Waals surface area contributed by atoms with E-state index >= 15 is 0 Å².